The number of hydrogen-bond donors (Lipinski definition) is 0. The van der Waals surface area contributed by atoms with Gasteiger partial charge in [0.2, 0.25) is 0 Å². The Bertz CT molecular complexity index is 679. The second-order valence-electron chi connectivity index (χ2n) is 5.41. The largest absolute Gasteiger partial charge is 4.00 e. The number of halogens is 2. The first-order valence-corrected chi connectivity index (χ1v) is 10.0. The van der Waals surface area contributed by atoms with Crippen LogP contribution < -0.4 is 9.41 Å². The summed E-state index contributed by atoms with van der Waals surface area (Å²) in [5.74, 6) is 0. The average molecular weight is 447 g/mol. The normalized spacial score (nSPS) is 8.69. The number of hydrogen-bond acceptors (Lipinski definition) is 0. The molecular formula is C22H25F2SiZr. The minimum absolute atomic E-state index is 0. The van der Waals surface area contributed by atoms with Gasteiger partial charge in [0, 0.05) is 9.52 Å². The average Bonchev–Trinajstić information content (AvgIpc) is 3.26. The van der Waals surface area contributed by atoms with E-state index in [4.69, 9.17) is 0 Å². The summed E-state index contributed by atoms with van der Waals surface area (Å²) >= 11 is 0. The van der Waals surface area contributed by atoms with Crippen LogP contribution in [-0.4, -0.2) is 9.52 Å². The molecule has 0 bridgehead atoms. The maximum absolute atomic E-state index is 2.25. The van der Waals surface area contributed by atoms with E-state index in [0.717, 1.165) is 9.52 Å². The molecule has 0 N–H and O–H groups in total. The van der Waals surface area contributed by atoms with Crippen molar-refractivity contribution in [1.29, 1.82) is 0 Å². The predicted molar refractivity (Wildman–Crippen MR) is 107 cm³/mol. The van der Waals surface area contributed by atoms with Crippen molar-refractivity contribution in [1.82, 2.24) is 0 Å². The van der Waals surface area contributed by atoms with Crippen LogP contribution in [-0.2, 0) is 26.2 Å². The third-order valence-electron chi connectivity index (χ3n) is 3.67. The van der Waals surface area contributed by atoms with Crippen molar-refractivity contribution in [3.05, 3.63) is 84.9 Å². The molecule has 4 aromatic carbocycles. The first kappa shape index (κ1) is 26.8. The van der Waals surface area contributed by atoms with Gasteiger partial charge in [-0.15, -0.1) is 59.3 Å². The molecule has 4 aromatic rings. The van der Waals surface area contributed by atoms with Crippen LogP contribution in [0.15, 0.2) is 84.9 Å². The molecule has 0 atom stereocenters. The van der Waals surface area contributed by atoms with Crippen LogP contribution in [0.5, 0.6) is 0 Å². The molecule has 0 aliphatic rings. The summed E-state index contributed by atoms with van der Waals surface area (Å²) in [6.07, 6.45) is 0. The summed E-state index contributed by atoms with van der Waals surface area (Å²) in [5.41, 5.74) is 0. The Morgan fingerprint density at radius 3 is 1.35 bits per heavy atom. The van der Waals surface area contributed by atoms with Gasteiger partial charge in [-0.2, -0.15) is 35.0 Å². The van der Waals surface area contributed by atoms with Gasteiger partial charge in [-0.25, -0.2) is 0 Å². The van der Waals surface area contributed by atoms with Gasteiger partial charge in [0.1, 0.15) is 0 Å². The van der Waals surface area contributed by atoms with Crippen LogP contribution >= 0.6 is 0 Å². The van der Waals surface area contributed by atoms with Crippen molar-refractivity contribution in [2.45, 2.75) is 25.9 Å². The van der Waals surface area contributed by atoms with Crippen LogP contribution in [0.1, 0.15) is 13.8 Å². The molecule has 0 amide bonds. The second kappa shape index (κ2) is 15.8. The van der Waals surface area contributed by atoms with E-state index in [1.54, 1.807) is 0 Å². The van der Waals surface area contributed by atoms with Gasteiger partial charge < -0.3 is 9.41 Å². The third-order valence-corrected chi connectivity index (χ3v) is 4.83. The van der Waals surface area contributed by atoms with Gasteiger partial charge >= 0.3 is 26.2 Å². The fraction of sp³-hybridized carbons (Fsp3) is 0.182. The van der Waals surface area contributed by atoms with E-state index in [1.165, 1.54) is 33.6 Å². The van der Waals surface area contributed by atoms with Gasteiger partial charge in [-0.1, -0.05) is 38.1 Å². The van der Waals surface area contributed by atoms with E-state index in [9.17, 15) is 0 Å². The molecule has 0 spiro atoms. The third kappa shape index (κ3) is 8.82. The zero-order valence-corrected chi connectivity index (χ0v) is 18.9. The molecule has 0 aliphatic carbocycles. The minimum Gasteiger partial charge on any atom is -1.00 e. The van der Waals surface area contributed by atoms with E-state index in [2.05, 4.69) is 98.8 Å². The molecule has 4 heteroatoms. The van der Waals surface area contributed by atoms with Crippen LogP contribution in [0.25, 0.3) is 21.5 Å². The van der Waals surface area contributed by atoms with Gasteiger partial charge in [0.15, 0.2) is 0 Å². The molecule has 0 saturated heterocycles. The summed E-state index contributed by atoms with van der Waals surface area (Å²) in [4.78, 5) is 0. The van der Waals surface area contributed by atoms with E-state index in [0.29, 0.717) is 0 Å². The maximum atomic E-state index is 2.25. The van der Waals surface area contributed by atoms with Crippen LogP contribution in [0, 0.1) is 0 Å². The fourth-order valence-electron chi connectivity index (χ4n) is 2.43. The predicted octanol–water partition coefficient (Wildman–Crippen LogP) is 0.422. The number of rotatable bonds is 2. The van der Waals surface area contributed by atoms with Gasteiger partial charge in [-0.3, -0.25) is 0 Å². The van der Waals surface area contributed by atoms with Crippen molar-refractivity contribution in [3.8, 4) is 0 Å². The van der Waals surface area contributed by atoms with Crippen molar-refractivity contribution >= 4 is 31.1 Å². The monoisotopic (exact) mass is 445 g/mol. The Labute approximate surface area is 177 Å². The number of fused-ring (bicyclic) bond motifs is 2. The Kier molecular flexibility index (Phi) is 16.4. The van der Waals surface area contributed by atoms with Crippen molar-refractivity contribution in [2.24, 2.45) is 0 Å². The van der Waals surface area contributed by atoms with E-state index < -0.39 is 0 Å². The zero-order valence-electron chi connectivity index (χ0n) is 15.3. The van der Waals surface area contributed by atoms with Crippen LogP contribution in [0.3, 0.4) is 0 Å². The maximum Gasteiger partial charge on any atom is 4.00 e. The summed E-state index contributed by atoms with van der Waals surface area (Å²) in [7, 11) is 0.815. The van der Waals surface area contributed by atoms with Gasteiger partial charge in [-0.05, 0) is 0 Å². The molecule has 0 heterocycles. The molecule has 0 aromatic heterocycles. The standard InChI is InChI=1S/2C9H7.C4H11Si.2FH.Zr/c2*1-2-5-9-7-3-6-8(9)4-1;1-3-5-4-2;;;/h2*1-7H;5H,3-4H2,1-2H3;2*1H;/q2*-1;;;;+4/p-2. The van der Waals surface area contributed by atoms with E-state index >= 15 is 0 Å². The molecule has 135 valence electrons. The Morgan fingerprint density at radius 1 is 0.654 bits per heavy atom. The first-order chi connectivity index (χ1) is 11.3. The summed E-state index contributed by atoms with van der Waals surface area (Å²) in [6, 6.07) is 32.2. The molecule has 26 heavy (non-hydrogen) atoms. The first-order valence-electron chi connectivity index (χ1n) is 8.37. The van der Waals surface area contributed by atoms with Crippen molar-refractivity contribution in [3.63, 3.8) is 0 Å². The molecule has 0 aliphatic heterocycles. The summed E-state index contributed by atoms with van der Waals surface area (Å²) in [5, 5.41) is 5.32. The summed E-state index contributed by atoms with van der Waals surface area (Å²) in [6.45, 7) is 4.50. The SMILES string of the molecule is CC[SiH]CC.[F-].[F-].[Zr+4].c1ccc2[cH-]ccc2c1.c1ccc2[cH-]ccc2c1. The van der Waals surface area contributed by atoms with Gasteiger partial charge in [0.05, 0.1) is 0 Å². The zero-order chi connectivity index (χ0) is 16.3. The van der Waals surface area contributed by atoms with E-state index in [1.807, 2.05) is 0 Å². The van der Waals surface area contributed by atoms with E-state index in [-0.39, 0.29) is 35.6 Å². The Morgan fingerprint density at radius 2 is 1.04 bits per heavy atom. The fourth-order valence-corrected chi connectivity index (χ4v) is 3.01. The van der Waals surface area contributed by atoms with Crippen molar-refractivity contribution in [2.75, 3.05) is 0 Å². The Hall–Kier alpha value is -1.38. The molecule has 0 saturated carbocycles. The molecule has 0 unspecified atom stereocenters. The summed E-state index contributed by atoms with van der Waals surface area (Å²) < 4.78 is 0. The topological polar surface area (TPSA) is 0 Å². The minimum atomic E-state index is 0. The molecule has 0 fully saturated rings. The molecule has 4 rings (SSSR count). The molecular weight excluding hydrogens is 422 g/mol. The Balaban J connectivity index is 0. The smallest absolute Gasteiger partial charge is 1.00 e. The second-order valence-corrected chi connectivity index (χ2v) is 7.62. The van der Waals surface area contributed by atoms with Crippen LogP contribution in [0.4, 0.5) is 0 Å². The quantitative estimate of drug-likeness (QED) is 0.309. The molecule has 1 radical (unpaired) electrons. The van der Waals surface area contributed by atoms with Gasteiger partial charge in [0.25, 0.3) is 0 Å². The van der Waals surface area contributed by atoms with Crippen molar-refractivity contribution < 1.29 is 35.6 Å². The number of benzene rings is 2. The van der Waals surface area contributed by atoms with Crippen LogP contribution in [0.2, 0.25) is 12.1 Å². The molecule has 0 nitrogen and oxygen atoms in total.